The van der Waals surface area contributed by atoms with Crippen LogP contribution in [0.4, 0.5) is 5.82 Å². The van der Waals surface area contributed by atoms with Gasteiger partial charge in [0.15, 0.2) is 5.82 Å². The van der Waals surface area contributed by atoms with Gasteiger partial charge in [0.1, 0.15) is 0 Å². The van der Waals surface area contributed by atoms with Crippen LogP contribution in [0.25, 0.3) is 0 Å². The van der Waals surface area contributed by atoms with Crippen LogP contribution in [-0.4, -0.2) is 24.5 Å². The number of nitrogens with two attached hydrogens (primary N) is 1. The Labute approximate surface area is 76.8 Å². The molecule has 1 aromatic rings. The summed E-state index contributed by atoms with van der Waals surface area (Å²) in [7, 11) is -1.58. The first-order valence-electron chi connectivity index (χ1n) is 3.63. The molecule has 3 N–H and O–H groups in total. The molecule has 6 nitrogen and oxygen atoms in total. The van der Waals surface area contributed by atoms with Crippen LogP contribution >= 0.6 is 0 Å². The monoisotopic (exact) mass is 204 g/mol. The lowest BCUT2D eigenvalue weighted by Crippen LogP contribution is -2.12. The van der Waals surface area contributed by atoms with Gasteiger partial charge in [-0.1, -0.05) is 0 Å². The number of hydrogen-bond donors (Lipinski definition) is 2. The van der Waals surface area contributed by atoms with Crippen LogP contribution in [0.5, 0.6) is 0 Å². The molecule has 0 saturated carbocycles. The van der Waals surface area contributed by atoms with Gasteiger partial charge in [0.2, 0.25) is 10.0 Å². The van der Waals surface area contributed by atoms with Gasteiger partial charge in [-0.25, -0.2) is 8.42 Å². The summed E-state index contributed by atoms with van der Waals surface area (Å²) >= 11 is 0. The summed E-state index contributed by atoms with van der Waals surface area (Å²) in [6, 6.07) is 0. The molecule has 0 aliphatic rings. The van der Waals surface area contributed by atoms with Crippen molar-refractivity contribution < 1.29 is 8.42 Å². The Bertz CT molecular complexity index is 395. The number of sulfonamides is 1. The number of nitrogens with one attached hydrogen (secondary N) is 1. The van der Waals surface area contributed by atoms with Gasteiger partial charge in [-0.2, -0.15) is 5.10 Å². The van der Waals surface area contributed by atoms with Gasteiger partial charge in [-0.3, -0.25) is 9.40 Å². The summed E-state index contributed by atoms with van der Waals surface area (Å²) in [5.41, 5.74) is 6.07. The highest BCUT2D eigenvalue weighted by Gasteiger charge is 2.09. The molecule has 1 rings (SSSR count). The second-order valence-electron chi connectivity index (χ2n) is 2.75. The van der Waals surface area contributed by atoms with E-state index < -0.39 is 10.0 Å². The van der Waals surface area contributed by atoms with Gasteiger partial charge in [-0.15, -0.1) is 0 Å². The minimum absolute atomic E-state index is 0.256. The molecule has 0 bridgehead atoms. The Morgan fingerprint density at radius 2 is 2.31 bits per heavy atom. The molecule has 74 valence electrons. The van der Waals surface area contributed by atoms with Crippen molar-refractivity contribution in [2.75, 3.05) is 11.0 Å². The van der Waals surface area contributed by atoms with Crippen molar-refractivity contribution in [2.24, 2.45) is 12.8 Å². The number of hydrogen-bond acceptors (Lipinski definition) is 4. The van der Waals surface area contributed by atoms with Crippen LogP contribution in [0, 0.1) is 0 Å². The molecule has 0 radical (unpaired) electrons. The highest BCUT2D eigenvalue weighted by molar-refractivity contribution is 7.92. The summed E-state index contributed by atoms with van der Waals surface area (Å²) in [4.78, 5) is 0. The molecule has 0 atom stereocenters. The fourth-order valence-electron chi connectivity index (χ4n) is 0.948. The number of aromatic nitrogens is 2. The summed E-state index contributed by atoms with van der Waals surface area (Å²) in [5.74, 6) is 0.299. The minimum atomic E-state index is -3.28. The van der Waals surface area contributed by atoms with Crippen molar-refractivity contribution in [2.45, 2.75) is 6.54 Å². The van der Waals surface area contributed by atoms with Crippen molar-refractivity contribution in [1.29, 1.82) is 0 Å². The van der Waals surface area contributed by atoms with Crippen LogP contribution in [-0.2, 0) is 23.6 Å². The van der Waals surface area contributed by atoms with E-state index in [-0.39, 0.29) is 6.54 Å². The number of aryl methyl sites for hydroxylation is 1. The van der Waals surface area contributed by atoms with E-state index in [1.807, 2.05) is 0 Å². The van der Waals surface area contributed by atoms with Gasteiger partial charge in [-0.05, 0) is 0 Å². The van der Waals surface area contributed by atoms with Crippen LogP contribution < -0.4 is 10.5 Å². The average Bonchev–Trinajstić information content (AvgIpc) is 2.27. The van der Waals surface area contributed by atoms with E-state index in [9.17, 15) is 8.42 Å². The maximum Gasteiger partial charge on any atom is 0.231 e. The number of nitrogens with zero attached hydrogens (tertiary/aromatic N) is 2. The Hall–Kier alpha value is -1.08. The molecule has 13 heavy (non-hydrogen) atoms. The summed E-state index contributed by atoms with van der Waals surface area (Å²) in [6.07, 6.45) is 2.75. The van der Waals surface area contributed by atoms with Gasteiger partial charge in [0.25, 0.3) is 0 Å². The highest BCUT2D eigenvalue weighted by Crippen LogP contribution is 2.12. The smallest absolute Gasteiger partial charge is 0.231 e. The molecule has 1 aromatic heterocycles. The first-order valence-corrected chi connectivity index (χ1v) is 5.52. The number of rotatable bonds is 3. The molecular formula is C6H12N4O2S. The Kier molecular flexibility index (Phi) is 2.58. The van der Waals surface area contributed by atoms with E-state index in [0.29, 0.717) is 11.4 Å². The zero-order valence-electron chi connectivity index (χ0n) is 7.48. The summed E-state index contributed by atoms with van der Waals surface area (Å²) < 4.78 is 25.5. The third-order valence-corrected chi connectivity index (χ3v) is 1.97. The molecule has 7 heteroatoms. The Morgan fingerprint density at radius 3 is 2.77 bits per heavy atom. The predicted octanol–water partition coefficient (Wildman–Crippen LogP) is -0.750. The fraction of sp³-hybridized carbons (Fsp3) is 0.500. The molecule has 0 aromatic carbocycles. The molecular weight excluding hydrogens is 192 g/mol. The van der Waals surface area contributed by atoms with E-state index in [2.05, 4.69) is 9.82 Å². The Balaban J connectivity index is 3.00. The van der Waals surface area contributed by atoms with E-state index in [1.54, 1.807) is 13.2 Å². The normalized spacial score (nSPS) is 11.6. The lowest BCUT2D eigenvalue weighted by atomic mass is 10.3. The van der Waals surface area contributed by atoms with E-state index >= 15 is 0 Å². The minimum Gasteiger partial charge on any atom is -0.326 e. The van der Waals surface area contributed by atoms with Crippen LogP contribution in [0.1, 0.15) is 5.56 Å². The zero-order chi connectivity index (χ0) is 10.1. The van der Waals surface area contributed by atoms with Crippen LogP contribution in [0.2, 0.25) is 0 Å². The lowest BCUT2D eigenvalue weighted by Gasteiger charge is -2.00. The van der Waals surface area contributed by atoms with Crippen LogP contribution in [0.15, 0.2) is 6.20 Å². The predicted molar refractivity (Wildman–Crippen MR) is 49.6 cm³/mol. The summed E-state index contributed by atoms with van der Waals surface area (Å²) in [5, 5.41) is 3.91. The number of anilines is 1. The quantitative estimate of drug-likeness (QED) is 0.678. The Morgan fingerprint density at radius 1 is 1.69 bits per heavy atom. The molecule has 0 aliphatic carbocycles. The second kappa shape index (κ2) is 3.35. The van der Waals surface area contributed by atoms with Crippen molar-refractivity contribution >= 4 is 15.8 Å². The topological polar surface area (TPSA) is 90.0 Å². The fourth-order valence-corrected chi connectivity index (χ4v) is 1.47. The van der Waals surface area contributed by atoms with Crippen molar-refractivity contribution in [3.8, 4) is 0 Å². The third-order valence-electron chi connectivity index (χ3n) is 1.41. The first-order chi connectivity index (χ1) is 5.92. The van der Waals surface area contributed by atoms with Gasteiger partial charge in [0, 0.05) is 25.4 Å². The molecule has 0 saturated heterocycles. The van der Waals surface area contributed by atoms with Gasteiger partial charge < -0.3 is 5.73 Å². The maximum atomic E-state index is 10.9. The molecule has 0 amide bonds. The van der Waals surface area contributed by atoms with E-state index in [4.69, 9.17) is 5.73 Å². The van der Waals surface area contributed by atoms with Crippen molar-refractivity contribution in [3.05, 3.63) is 11.8 Å². The lowest BCUT2D eigenvalue weighted by molar-refractivity contribution is 0.606. The SMILES string of the molecule is Cn1cc(CN)c(NS(C)(=O)=O)n1. The zero-order valence-corrected chi connectivity index (χ0v) is 8.30. The molecule has 1 heterocycles. The van der Waals surface area contributed by atoms with Crippen molar-refractivity contribution in [1.82, 2.24) is 9.78 Å². The second-order valence-corrected chi connectivity index (χ2v) is 4.50. The molecule has 0 aliphatic heterocycles. The first kappa shape index (κ1) is 10.0. The largest absolute Gasteiger partial charge is 0.326 e. The van der Waals surface area contributed by atoms with Gasteiger partial charge >= 0.3 is 0 Å². The maximum absolute atomic E-state index is 10.9. The molecule has 0 unspecified atom stereocenters. The third kappa shape index (κ3) is 2.71. The average molecular weight is 204 g/mol. The van der Waals surface area contributed by atoms with E-state index in [1.165, 1.54) is 4.68 Å². The summed E-state index contributed by atoms with van der Waals surface area (Å²) in [6.45, 7) is 0.256. The van der Waals surface area contributed by atoms with Crippen molar-refractivity contribution in [3.63, 3.8) is 0 Å². The van der Waals surface area contributed by atoms with Crippen LogP contribution in [0.3, 0.4) is 0 Å². The standard InChI is InChI=1S/C6H12N4O2S/c1-10-4-5(3-7)6(8-10)9-13(2,11)12/h4H,3,7H2,1-2H3,(H,8,9). The van der Waals surface area contributed by atoms with Gasteiger partial charge in [0.05, 0.1) is 6.26 Å². The highest BCUT2D eigenvalue weighted by atomic mass is 32.2. The molecule has 0 fully saturated rings. The van der Waals surface area contributed by atoms with E-state index in [0.717, 1.165) is 6.26 Å². The molecule has 0 spiro atoms.